The van der Waals surface area contributed by atoms with Crippen molar-refractivity contribution in [3.63, 3.8) is 0 Å². The summed E-state index contributed by atoms with van der Waals surface area (Å²) in [7, 11) is 0. The zero-order valence-corrected chi connectivity index (χ0v) is 45.6. The Morgan fingerprint density at radius 1 is 0.359 bits per heavy atom. The van der Waals surface area contributed by atoms with Crippen LogP contribution >= 0.6 is 0 Å². The van der Waals surface area contributed by atoms with Gasteiger partial charge < -0.3 is 5.11 Å². The number of hydrogen-bond acceptors (Lipinski definition) is 5. The molecule has 1 unspecified atom stereocenters. The molecule has 64 heavy (non-hydrogen) atoms. The third-order valence-electron chi connectivity index (χ3n) is 13.6. The van der Waals surface area contributed by atoms with E-state index >= 15 is 0 Å². The first-order valence-corrected chi connectivity index (χ1v) is 29.5. The van der Waals surface area contributed by atoms with E-state index in [-0.39, 0.29) is 36.6 Å². The van der Waals surface area contributed by atoms with E-state index in [1.165, 1.54) is 200 Å². The molecule has 0 saturated heterocycles. The van der Waals surface area contributed by atoms with Crippen LogP contribution in [0.1, 0.15) is 318 Å². The predicted molar refractivity (Wildman–Crippen MR) is 270 cm³/mol. The second kappa shape index (κ2) is 48.9. The number of ketones is 3. The Morgan fingerprint density at radius 2 is 0.531 bits per heavy atom. The molecule has 1 atom stereocenters. The Labute approximate surface area is 408 Å². The maximum atomic E-state index is 13.7. The van der Waals surface area contributed by atoms with E-state index in [4.69, 9.17) is 7.01 Å². The molecule has 0 aliphatic rings. The van der Waals surface area contributed by atoms with Gasteiger partial charge in [-0.05, 0) is 43.9 Å². The number of rotatable bonds is 49. The summed E-state index contributed by atoms with van der Waals surface area (Å²) in [5, 5.41) is 11.7. The molecule has 6 nitrogen and oxygen atoms in total. The normalized spacial score (nSPS) is 12.5. The summed E-state index contributed by atoms with van der Waals surface area (Å²) < 4.78 is 15.8. The number of hydrogen-bond donors (Lipinski definition) is 2. The van der Waals surface area contributed by atoms with Crippen LogP contribution in [0.3, 0.4) is 0 Å². The van der Waals surface area contributed by atoms with Gasteiger partial charge in [0.15, 0.2) is 5.78 Å². The van der Waals surface area contributed by atoms with Crippen molar-refractivity contribution in [2.45, 2.75) is 324 Å². The maximum absolute atomic E-state index is 13.7. The topological polar surface area (TPSA) is 109 Å². The Balaban J connectivity index is 0. The average Bonchev–Trinajstić information content (AvgIpc) is 3.23. The molecule has 2 N–H and O–H groups in total. The van der Waals surface area contributed by atoms with Gasteiger partial charge in [-0.2, -0.15) is 0 Å². The fraction of sp³-hybridized carbons (Fsp3) is 0.947. The van der Waals surface area contributed by atoms with Crippen molar-refractivity contribution < 1.29 is 46.0 Å². The summed E-state index contributed by atoms with van der Waals surface area (Å²) in [4.78, 5) is 40.9. The molecule has 7 heteroatoms. The van der Waals surface area contributed by atoms with Gasteiger partial charge in [0, 0.05) is 19.3 Å². The van der Waals surface area contributed by atoms with Crippen molar-refractivity contribution in [3.8, 4) is 0 Å². The third kappa shape index (κ3) is 45.2. The number of carbonyl (C=O) groups excluding carboxylic acids is 3. The summed E-state index contributed by atoms with van der Waals surface area (Å²) in [5.74, 6) is 0.511. The van der Waals surface area contributed by atoms with Crippen molar-refractivity contribution in [1.82, 2.24) is 0 Å². The molecule has 0 aromatic heterocycles. The molecule has 0 aromatic rings. The van der Waals surface area contributed by atoms with Gasteiger partial charge in [-0.3, -0.25) is 14.4 Å². The zero-order chi connectivity index (χ0) is 47.9. The van der Waals surface area contributed by atoms with Gasteiger partial charge in [0.25, 0.3) is 0 Å². The van der Waals surface area contributed by atoms with Crippen LogP contribution < -0.4 is 0 Å². The van der Waals surface area contributed by atoms with E-state index in [1.807, 2.05) is 0 Å². The van der Waals surface area contributed by atoms with Crippen molar-refractivity contribution >= 4 is 17.3 Å². The van der Waals surface area contributed by atoms with Gasteiger partial charge in [0.1, 0.15) is 23.1 Å². The zero-order valence-electron chi connectivity index (χ0n) is 44.0. The van der Waals surface area contributed by atoms with Crippen molar-refractivity contribution in [3.05, 3.63) is 0 Å². The summed E-state index contributed by atoms with van der Waals surface area (Å²) in [6.45, 7) is 15.3. The van der Waals surface area contributed by atoms with Crippen LogP contribution in [0.15, 0.2) is 0 Å². The van der Waals surface area contributed by atoms with E-state index in [9.17, 15) is 19.5 Å². The molecule has 0 saturated carbocycles. The molecule has 0 bridgehead atoms. The third-order valence-corrected chi connectivity index (χ3v) is 13.6. The van der Waals surface area contributed by atoms with Crippen LogP contribution in [0.5, 0.6) is 0 Å². The quantitative estimate of drug-likeness (QED) is 0.0357. The minimum absolute atomic E-state index is 0.216. The summed E-state index contributed by atoms with van der Waals surface area (Å²) >= 11 is -1.75. The molecule has 0 aliphatic carbocycles. The minimum atomic E-state index is -1.91. The van der Waals surface area contributed by atoms with E-state index < -0.39 is 31.0 Å². The summed E-state index contributed by atoms with van der Waals surface area (Å²) in [5.41, 5.74) is -1.91. The monoisotopic (exact) mass is 940 g/mol. The molecule has 0 radical (unpaired) electrons. The first-order chi connectivity index (χ1) is 30.8. The predicted octanol–water partition coefficient (Wildman–Crippen LogP) is 17.7. The van der Waals surface area contributed by atoms with Crippen LogP contribution in [-0.4, -0.2) is 31.7 Å². The van der Waals surface area contributed by atoms with E-state index in [2.05, 4.69) is 41.5 Å². The van der Waals surface area contributed by atoms with Gasteiger partial charge in [-0.25, -0.2) is 0 Å². The molecule has 379 valence electrons. The molecule has 0 aliphatic heterocycles. The average molecular weight is 940 g/mol. The van der Waals surface area contributed by atoms with Crippen molar-refractivity contribution in [2.75, 3.05) is 0 Å². The van der Waals surface area contributed by atoms with Crippen LogP contribution in [0.25, 0.3) is 0 Å². The van der Waals surface area contributed by atoms with Crippen LogP contribution in [-0.2, 0) is 37.2 Å². The Bertz CT molecular complexity index is 991. The van der Waals surface area contributed by atoms with Crippen molar-refractivity contribution in [2.24, 2.45) is 23.7 Å². The second-order valence-electron chi connectivity index (χ2n) is 21.6. The molecule has 0 aromatic carbocycles. The molecule has 0 rings (SSSR count). The number of carbonyl (C=O) groups is 3. The Hall–Kier alpha value is -0.556. The van der Waals surface area contributed by atoms with Crippen LogP contribution in [0, 0.1) is 23.7 Å². The summed E-state index contributed by atoms with van der Waals surface area (Å²) in [6.07, 6.45) is 49.0. The standard InChI is InChI=1S/C57H110O4.H2O.O.Ti/c1-50(2)44-38-32-26-20-14-8-11-17-23-29-35-41-47-53(58)56(54(59)48-42-36-30-24-18-12-9-15-21-27-33-39-45-51(3)4)57(7,61)55(60)49-43-37-31-25-19-13-10-16-22-28-34-40-46-52(5)6;;;/h50-52,56,61H,8-49H2,1-7H3;1H2;;/q;;;+1/p-1. The van der Waals surface area contributed by atoms with Crippen molar-refractivity contribution in [1.29, 1.82) is 0 Å². The Kier molecular flexibility index (Phi) is 50.1. The van der Waals surface area contributed by atoms with E-state index in [0.29, 0.717) is 0 Å². The van der Waals surface area contributed by atoms with Gasteiger partial charge in [0.05, 0.1) is 0 Å². The van der Waals surface area contributed by atoms with Gasteiger partial charge >= 0.3 is 26.5 Å². The van der Waals surface area contributed by atoms with Crippen LogP contribution in [0.4, 0.5) is 0 Å². The molecule has 0 fully saturated rings. The number of unbranched alkanes of at least 4 members (excludes halogenated alkanes) is 33. The molecular weight excluding hydrogens is 828 g/mol. The van der Waals surface area contributed by atoms with Gasteiger partial charge in [0.2, 0.25) is 0 Å². The Morgan fingerprint density at radius 3 is 0.734 bits per heavy atom. The summed E-state index contributed by atoms with van der Waals surface area (Å²) in [6, 6.07) is 0. The van der Waals surface area contributed by atoms with Gasteiger partial charge in [-0.15, -0.1) is 0 Å². The first kappa shape index (κ1) is 65.5. The number of aliphatic hydroxyl groups is 1. The molecule has 0 heterocycles. The van der Waals surface area contributed by atoms with E-state index in [1.54, 1.807) is 0 Å². The fourth-order valence-electron chi connectivity index (χ4n) is 9.35. The van der Waals surface area contributed by atoms with E-state index in [0.717, 1.165) is 75.5 Å². The molecule has 0 spiro atoms. The van der Waals surface area contributed by atoms with Crippen LogP contribution in [0.2, 0.25) is 0 Å². The number of Topliss-reactive ketones (excluding diaryl/α,β-unsaturated/α-hetero) is 3. The first-order valence-electron chi connectivity index (χ1n) is 28.1. The SMILES string of the molecule is CC(C)CCCCCCCCCCCCCCC(=O)C(C(=O)CCCCCCCCCCCCCCC(C)C)C(C)(O)C(=O)CCCCCCCCCCCCCCC(C)C.[O]=[Ti][OH]. The second-order valence-corrected chi connectivity index (χ2v) is 21.8. The molecular formula is C57H111O6Ti. The fourth-order valence-corrected chi connectivity index (χ4v) is 9.35. The molecule has 0 amide bonds. The van der Waals surface area contributed by atoms with Gasteiger partial charge in [-0.1, -0.05) is 273 Å².